The number of amides is 3. The first-order valence-electron chi connectivity index (χ1n) is 12.0. The number of fused-ring (bicyclic) bond motifs is 2. The Kier molecular flexibility index (Phi) is 5.05. The van der Waals surface area contributed by atoms with Gasteiger partial charge in [-0.15, -0.1) is 11.3 Å². The molecule has 2 aliphatic heterocycles. The van der Waals surface area contributed by atoms with E-state index in [4.69, 9.17) is 0 Å². The van der Waals surface area contributed by atoms with Crippen LogP contribution < -0.4 is 5.32 Å². The number of piperidine rings is 1. The van der Waals surface area contributed by atoms with Crippen LogP contribution in [0.4, 0.5) is 0 Å². The van der Waals surface area contributed by atoms with Crippen LogP contribution in [-0.2, 0) is 16.1 Å². The van der Waals surface area contributed by atoms with Crippen LogP contribution in [0.1, 0.15) is 34.6 Å². The third-order valence-corrected chi connectivity index (χ3v) is 8.84. The predicted octanol–water partition coefficient (Wildman–Crippen LogP) is 2.85. The summed E-state index contributed by atoms with van der Waals surface area (Å²) in [7, 11) is 0. The normalized spacial score (nSPS) is 23.2. The molecule has 3 fully saturated rings. The average Bonchev–Trinajstić information content (AvgIpc) is 3.10. The van der Waals surface area contributed by atoms with E-state index in [0.717, 1.165) is 39.3 Å². The molecule has 6 rings (SSSR count). The summed E-state index contributed by atoms with van der Waals surface area (Å²) < 4.78 is 0.902. The fourth-order valence-corrected chi connectivity index (χ4v) is 6.74. The van der Waals surface area contributed by atoms with Gasteiger partial charge in [0, 0.05) is 49.0 Å². The Bertz CT molecular complexity index is 1370. The van der Waals surface area contributed by atoms with Crippen LogP contribution in [0.3, 0.4) is 0 Å². The van der Waals surface area contributed by atoms with Crippen LogP contribution >= 0.6 is 11.3 Å². The topological polar surface area (TPSA) is 95.5 Å². The van der Waals surface area contributed by atoms with E-state index in [-0.39, 0.29) is 41.5 Å². The fraction of sp³-hybridized carbons (Fsp3) is 0.423. The molecule has 2 atom stereocenters. The van der Waals surface area contributed by atoms with Gasteiger partial charge in [-0.2, -0.15) is 0 Å². The first-order chi connectivity index (χ1) is 16.8. The van der Waals surface area contributed by atoms with E-state index >= 15 is 0 Å². The highest BCUT2D eigenvalue weighted by atomic mass is 32.1. The van der Waals surface area contributed by atoms with Crippen molar-refractivity contribution in [1.29, 1.82) is 0 Å². The van der Waals surface area contributed by atoms with E-state index in [2.05, 4.69) is 15.3 Å². The number of aryl methyl sites for hydroxylation is 1. The highest BCUT2D eigenvalue weighted by Gasteiger charge is 2.72. The van der Waals surface area contributed by atoms with Crippen molar-refractivity contribution in [3.63, 3.8) is 0 Å². The summed E-state index contributed by atoms with van der Waals surface area (Å²) in [6.07, 6.45) is 3.46. The largest absolute Gasteiger partial charge is 0.336 e. The second-order valence-corrected chi connectivity index (χ2v) is 11.4. The number of carbonyl (C=O) groups excluding carboxylic acids is 3. The number of imide groups is 1. The number of rotatable bonds is 4. The molecule has 5 heterocycles. The lowest BCUT2D eigenvalue weighted by atomic mass is 10.0. The lowest BCUT2D eigenvalue weighted by Gasteiger charge is -2.28. The van der Waals surface area contributed by atoms with Crippen LogP contribution in [-0.4, -0.2) is 63.7 Å². The van der Waals surface area contributed by atoms with Gasteiger partial charge in [-0.05, 0) is 36.1 Å². The number of hydrogen-bond donors (Lipinski definition) is 1. The van der Waals surface area contributed by atoms with Gasteiger partial charge in [-0.25, -0.2) is 0 Å². The maximum atomic E-state index is 13.5. The van der Waals surface area contributed by atoms with Gasteiger partial charge in [-0.1, -0.05) is 13.8 Å². The number of likely N-dealkylation sites (tertiary alicyclic amines) is 1. The molecule has 180 valence electrons. The SMILES string of the molecule is Cc1ccnc(-c2ccnc3cc(CN4C(=O)C5C(C4=O)C5(C)C)sc23)c1C(=O)N1CCNCC1. The summed E-state index contributed by atoms with van der Waals surface area (Å²) in [6.45, 7) is 9.06. The summed E-state index contributed by atoms with van der Waals surface area (Å²) in [5, 5.41) is 3.29. The van der Waals surface area contributed by atoms with Crippen molar-refractivity contribution in [3.05, 3.63) is 46.6 Å². The van der Waals surface area contributed by atoms with Crippen molar-refractivity contribution in [2.45, 2.75) is 27.3 Å². The van der Waals surface area contributed by atoms with Crippen molar-refractivity contribution in [1.82, 2.24) is 25.1 Å². The fourth-order valence-electron chi connectivity index (χ4n) is 5.63. The second kappa shape index (κ2) is 7.93. The quantitative estimate of drug-likeness (QED) is 0.567. The minimum atomic E-state index is -0.219. The third kappa shape index (κ3) is 3.40. The summed E-state index contributed by atoms with van der Waals surface area (Å²) in [5.41, 5.74) is 3.54. The zero-order valence-electron chi connectivity index (χ0n) is 20.0. The molecule has 35 heavy (non-hydrogen) atoms. The van der Waals surface area contributed by atoms with E-state index in [1.807, 2.05) is 43.9 Å². The molecule has 9 heteroatoms. The van der Waals surface area contributed by atoms with Crippen LogP contribution in [0, 0.1) is 24.2 Å². The molecule has 1 aliphatic carbocycles. The molecule has 0 spiro atoms. The number of aromatic nitrogens is 2. The van der Waals surface area contributed by atoms with Crippen molar-refractivity contribution >= 4 is 39.3 Å². The molecule has 2 saturated heterocycles. The van der Waals surface area contributed by atoms with Crippen LogP contribution in [0.15, 0.2) is 30.6 Å². The highest BCUT2D eigenvalue weighted by molar-refractivity contribution is 7.19. The maximum Gasteiger partial charge on any atom is 0.256 e. The number of piperazine rings is 1. The highest BCUT2D eigenvalue weighted by Crippen LogP contribution is 2.63. The van der Waals surface area contributed by atoms with Gasteiger partial charge in [0.15, 0.2) is 0 Å². The van der Waals surface area contributed by atoms with Gasteiger partial charge in [0.05, 0.1) is 39.9 Å². The summed E-state index contributed by atoms with van der Waals surface area (Å²) in [6, 6.07) is 5.70. The number of hydrogen-bond acceptors (Lipinski definition) is 7. The van der Waals surface area contributed by atoms with E-state index in [9.17, 15) is 14.4 Å². The van der Waals surface area contributed by atoms with Crippen molar-refractivity contribution in [2.75, 3.05) is 26.2 Å². The maximum absolute atomic E-state index is 13.5. The standard InChI is InChI=1S/C26H27N5O3S/c1-14-4-6-29-21(18(14)23(32)30-10-8-27-9-11-30)16-5-7-28-17-12-15(35-22(16)17)13-31-24(33)19-20(25(31)34)26(19,2)3/h4-7,12,19-20,27H,8-11,13H2,1-3H3. The van der Waals surface area contributed by atoms with Crippen LogP contribution in [0.2, 0.25) is 0 Å². The summed E-state index contributed by atoms with van der Waals surface area (Å²) in [4.78, 5) is 52.5. The van der Waals surface area contributed by atoms with Gasteiger partial charge in [-0.3, -0.25) is 29.3 Å². The Balaban J connectivity index is 1.36. The van der Waals surface area contributed by atoms with Crippen LogP contribution in [0.25, 0.3) is 21.5 Å². The minimum absolute atomic E-state index is 0.0102. The molecule has 3 amide bonds. The van der Waals surface area contributed by atoms with Gasteiger partial charge in [0.1, 0.15) is 0 Å². The third-order valence-electron chi connectivity index (χ3n) is 7.70. The Hall–Kier alpha value is -3.17. The smallest absolute Gasteiger partial charge is 0.256 e. The monoisotopic (exact) mass is 489 g/mol. The first-order valence-corrected chi connectivity index (χ1v) is 12.8. The average molecular weight is 490 g/mol. The Morgan fingerprint density at radius 3 is 2.51 bits per heavy atom. The lowest BCUT2D eigenvalue weighted by molar-refractivity contribution is -0.143. The first kappa shape index (κ1) is 22.3. The number of thiophene rings is 1. The molecule has 0 radical (unpaired) electrons. The molecule has 1 saturated carbocycles. The summed E-state index contributed by atoms with van der Waals surface area (Å²) >= 11 is 1.50. The molecule has 1 N–H and O–H groups in total. The Morgan fingerprint density at radius 2 is 1.80 bits per heavy atom. The zero-order valence-corrected chi connectivity index (χ0v) is 20.8. The lowest BCUT2D eigenvalue weighted by Crippen LogP contribution is -2.46. The van der Waals surface area contributed by atoms with Gasteiger partial charge in [0.25, 0.3) is 5.91 Å². The van der Waals surface area contributed by atoms with Gasteiger partial charge < -0.3 is 10.2 Å². The zero-order chi connectivity index (χ0) is 24.5. The van der Waals surface area contributed by atoms with E-state index in [0.29, 0.717) is 24.3 Å². The van der Waals surface area contributed by atoms with E-state index in [1.54, 1.807) is 12.4 Å². The number of nitrogens with zero attached hydrogens (tertiary/aromatic N) is 4. The van der Waals surface area contributed by atoms with Gasteiger partial charge in [0.2, 0.25) is 11.8 Å². The molecule has 3 aliphatic rings. The molecule has 2 unspecified atom stereocenters. The molecular weight excluding hydrogens is 462 g/mol. The molecule has 8 nitrogen and oxygen atoms in total. The van der Waals surface area contributed by atoms with Crippen molar-refractivity contribution < 1.29 is 14.4 Å². The Labute approximate surface area is 207 Å². The predicted molar refractivity (Wildman–Crippen MR) is 133 cm³/mol. The molecule has 3 aromatic rings. The van der Waals surface area contributed by atoms with Crippen molar-refractivity contribution in [3.8, 4) is 11.3 Å². The molecule has 0 aromatic carbocycles. The number of pyridine rings is 2. The number of carbonyl (C=O) groups is 3. The van der Waals surface area contributed by atoms with E-state index in [1.165, 1.54) is 16.2 Å². The Morgan fingerprint density at radius 1 is 1.11 bits per heavy atom. The number of nitrogens with one attached hydrogen (secondary N) is 1. The molecular formula is C26H27N5O3S. The van der Waals surface area contributed by atoms with Gasteiger partial charge >= 0.3 is 0 Å². The summed E-state index contributed by atoms with van der Waals surface area (Å²) in [5.74, 6) is -0.523. The molecule has 0 bridgehead atoms. The second-order valence-electron chi connectivity index (χ2n) is 10.2. The van der Waals surface area contributed by atoms with E-state index < -0.39 is 0 Å². The van der Waals surface area contributed by atoms with Crippen LogP contribution in [0.5, 0.6) is 0 Å². The molecule has 3 aromatic heterocycles. The minimum Gasteiger partial charge on any atom is -0.336 e. The van der Waals surface area contributed by atoms with Crippen molar-refractivity contribution in [2.24, 2.45) is 17.3 Å².